The van der Waals surface area contributed by atoms with Gasteiger partial charge in [0.1, 0.15) is 18.2 Å². The molecule has 2 aromatic carbocycles. The average Bonchev–Trinajstić information content (AvgIpc) is 3.26. The molecule has 0 unspecified atom stereocenters. The van der Waals surface area contributed by atoms with Crippen LogP contribution in [-0.4, -0.2) is 44.9 Å². The number of nitrogens with zero attached hydrogens (tertiary/aromatic N) is 1. The molecule has 156 valence electrons. The average molecular weight is 421 g/mol. The van der Waals surface area contributed by atoms with Gasteiger partial charge in [0, 0.05) is 25.6 Å². The van der Waals surface area contributed by atoms with Crippen LogP contribution in [0.4, 0.5) is 4.39 Å². The Bertz CT molecular complexity index is 926. The predicted molar refractivity (Wildman–Crippen MR) is 108 cm³/mol. The number of rotatable bonds is 9. The molecule has 1 N–H and O–H groups in total. The van der Waals surface area contributed by atoms with Gasteiger partial charge >= 0.3 is 0 Å². The second-order valence-corrected chi connectivity index (χ2v) is 8.85. The van der Waals surface area contributed by atoms with Crippen molar-refractivity contribution < 1.29 is 22.3 Å². The monoisotopic (exact) mass is 420 g/mol. The van der Waals surface area contributed by atoms with E-state index in [9.17, 15) is 17.6 Å². The molecule has 1 aliphatic rings. The summed E-state index contributed by atoms with van der Waals surface area (Å²) in [5.74, 6) is -0.0735. The minimum Gasteiger partial charge on any atom is -0.492 e. The zero-order valence-corrected chi connectivity index (χ0v) is 17.0. The summed E-state index contributed by atoms with van der Waals surface area (Å²) in [6.45, 7) is 1.72. The zero-order chi connectivity index (χ0) is 20.7. The van der Waals surface area contributed by atoms with E-state index in [0.717, 1.165) is 18.4 Å². The molecule has 0 aromatic heterocycles. The van der Waals surface area contributed by atoms with Crippen LogP contribution in [0.15, 0.2) is 53.4 Å². The highest BCUT2D eigenvalue weighted by Crippen LogP contribution is 2.21. The lowest BCUT2D eigenvalue weighted by molar-refractivity contribution is -0.121. The highest BCUT2D eigenvalue weighted by Gasteiger charge is 2.26. The van der Waals surface area contributed by atoms with Crippen molar-refractivity contribution in [2.24, 2.45) is 0 Å². The second-order valence-electron chi connectivity index (χ2n) is 6.91. The lowest BCUT2D eigenvalue weighted by Crippen LogP contribution is -2.28. The fourth-order valence-electron chi connectivity index (χ4n) is 3.17. The van der Waals surface area contributed by atoms with Crippen molar-refractivity contribution in [3.05, 3.63) is 59.9 Å². The summed E-state index contributed by atoms with van der Waals surface area (Å²) in [5.41, 5.74) is 0.900. The third-order valence-electron chi connectivity index (χ3n) is 4.76. The summed E-state index contributed by atoms with van der Waals surface area (Å²) in [6, 6.07) is 12.6. The minimum absolute atomic E-state index is 0.124. The maximum atomic E-state index is 13.0. The van der Waals surface area contributed by atoms with Crippen molar-refractivity contribution >= 4 is 15.9 Å². The largest absolute Gasteiger partial charge is 0.492 e. The second kappa shape index (κ2) is 9.84. The Balaban J connectivity index is 1.39. The van der Waals surface area contributed by atoms with E-state index in [4.69, 9.17) is 4.74 Å². The molecule has 29 heavy (non-hydrogen) atoms. The smallest absolute Gasteiger partial charge is 0.243 e. The normalized spacial score (nSPS) is 14.7. The molecule has 0 saturated carbocycles. The first-order valence-electron chi connectivity index (χ1n) is 9.69. The molecule has 0 bridgehead atoms. The first-order valence-corrected chi connectivity index (χ1v) is 11.1. The van der Waals surface area contributed by atoms with Crippen molar-refractivity contribution in [2.75, 3.05) is 26.2 Å². The Morgan fingerprint density at radius 2 is 1.83 bits per heavy atom. The van der Waals surface area contributed by atoms with Gasteiger partial charge in [0.2, 0.25) is 15.9 Å². The van der Waals surface area contributed by atoms with E-state index in [2.05, 4.69) is 5.32 Å². The molecule has 0 aliphatic carbocycles. The van der Waals surface area contributed by atoms with Crippen LogP contribution in [0.5, 0.6) is 5.75 Å². The molecule has 2 aromatic rings. The van der Waals surface area contributed by atoms with Crippen LogP contribution in [0, 0.1) is 5.82 Å². The summed E-state index contributed by atoms with van der Waals surface area (Å²) < 4.78 is 45.0. The molecule has 1 heterocycles. The number of sulfonamides is 1. The lowest BCUT2D eigenvalue weighted by atomic mass is 10.1. The van der Waals surface area contributed by atoms with Gasteiger partial charge in [0.25, 0.3) is 0 Å². The van der Waals surface area contributed by atoms with E-state index >= 15 is 0 Å². The van der Waals surface area contributed by atoms with Crippen molar-refractivity contribution in [1.82, 2.24) is 9.62 Å². The van der Waals surface area contributed by atoms with Crippen LogP contribution in [0.3, 0.4) is 0 Å². The number of carbonyl (C=O) groups excluding carboxylic acids is 1. The number of nitrogens with one attached hydrogen (secondary N) is 1. The van der Waals surface area contributed by atoms with E-state index in [1.54, 1.807) is 36.4 Å². The van der Waals surface area contributed by atoms with Crippen LogP contribution in [0.2, 0.25) is 0 Å². The zero-order valence-electron chi connectivity index (χ0n) is 16.1. The van der Waals surface area contributed by atoms with Crippen molar-refractivity contribution in [3.63, 3.8) is 0 Å². The molecular formula is C21H25FN2O4S. The van der Waals surface area contributed by atoms with E-state index in [1.807, 2.05) is 0 Å². The van der Waals surface area contributed by atoms with Crippen LogP contribution in [-0.2, 0) is 21.2 Å². The summed E-state index contributed by atoms with van der Waals surface area (Å²) in [5, 5.41) is 2.75. The molecule has 0 spiro atoms. The van der Waals surface area contributed by atoms with Crippen LogP contribution in [0.25, 0.3) is 0 Å². The number of carbonyl (C=O) groups is 1. The van der Waals surface area contributed by atoms with Gasteiger partial charge in [0.15, 0.2) is 0 Å². The first-order chi connectivity index (χ1) is 13.9. The Labute approximate surface area is 170 Å². The number of amides is 1. The Morgan fingerprint density at radius 3 is 2.52 bits per heavy atom. The molecule has 0 radical (unpaired) electrons. The summed E-state index contributed by atoms with van der Waals surface area (Å²) >= 11 is 0. The van der Waals surface area contributed by atoms with Crippen molar-refractivity contribution in [2.45, 2.75) is 30.6 Å². The van der Waals surface area contributed by atoms with Gasteiger partial charge in [-0.05, 0) is 49.1 Å². The first kappa shape index (κ1) is 21.3. The highest BCUT2D eigenvalue weighted by atomic mass is 32.2. The summed E-state index contributed by atoms with van der Waals surface area (Å²) in [6.07, 6.45) is 2.61. The van der Waals surface area contributed by atoms with Crippen LogP contribution in [0.1, 0.15) is 24.8 Å². The van der Waals surface area contributed by atoms with E-state index in [0.29, 0.717) is 36.7 Å². The molecule has 1 amide bonds. The number of ether oxygens (including phenoxy) is 1. The van der Waals surface area contributed by atoms with Gasteiger partial charge in [-0.1, -0.05) is 18.2 Å². The quantitative estimate of drug-likeness (QED) is 0.633. The van der Waals surface area contributed by atoms with E-state index in [-0.39, 0.29) is 24.8 Å². The topological polar surface area (TPSA) is 75.7 Å². The predicted octanol–water partition coefficient (Wildman–Crippen LogP) is 2.74. The maximum Gasteiger partial charge on any atom is 0.243 e. The van der Waals surface area contributed by atoms with Crippen molar-refractivity contribution in [3.8, 4) is 5.75 Å². The third-order valence-corrected chi connectivity index (χ3v) is 6.67. The van der Waals surface area contributed by atoms with Crippen LogP contribution < -0.4 is 10.1 Å². The Morgan fingerprint density at radius 1 is 1.10 bits per heavy atom. The number of aryl methyl sites for hydroxylation is 1. The molecule has 6 nitrogen and oxygen atoms in total. The molecule has 8 heteroatoms. The van der Waals surface area contributed by atoms with Gasteiger partial charge in [-0.3, -0.25) is 4.79 Å². The van der Waals surface area contributed by atoms with Gasteiger partial charge < -0.3 is 10.1 Å². The van der Waals surface area contributed by atoms with Gasteiger partial charge in [-0.2, -0.15) is 4.31 Å². The highest BCUT2D eigenvalue weighted by molar-refractivity contribution is 7.89. The fourth-order valence-corrected chi connectivity index (χ4v) is 4.69. The van der Waals surface area contributed by atoms with Gasteiger partial charge in [-0.25, -0.2) is 12.8 Å². The van der Waals surface area contributed by atoms with Crippen LogP contribution >= 0.6 is 0 Å². The maximum absolute atomic E-state index is 13.0. The molecule has 1 saturated heterocycles. The molecular weight excluding hydrogens is 395 g/mol. The third kappa shape index (κ3) is 6.01. The number of benzene rings is 2. The SMILES string of the molecule is O=C(CCc1ccc(S(=O)(=O)N2CCCC2)cc1)NCCOc1cccc(F)c1. The van der Waals surface area contributed by atoms with E-state index in [1.165, 1.54) is 16.4 Å². The van der Waals surface area contributed by atoms with Gasteiger partial charge in [-0.15, -0.1) is 0 Å². The molecule has 3 rings (SSSR count). The molecule has 1 fully saturated rings. The number of hydrogen-bond donors (Lipinski definition) is 1. The summed E-state index contributed by atoms with van der Waals surface area (Å²) in [4.78, 5) is 12.2. The standard InChI is InChI=1S/C21H25FN2O4S/c22-18-4-3-5-19(16-18)28-15-12-23-21(25)11-8-17-6-9-20(10-7-17)29(26,27)24-13-1-2-14-24/h3-7,9-10,16H,1-2,8,11-15H2,(H,23,25). The van der Waals surface area contributed by atoms with E-state index < -0.39 is 10.0 Å². The number of halogens is 1. The van der Waals surface area contributed by atoms with Gasteiger partial charge in [0.05, 0.1) is 11.4 Å². The Kier molecular flexibility index (Phi) is 7.22. The lowest BCUT2D eigenvalue weighted by Gasteiger charge is -2.15. The molecule has 1 aliphatic heterocycles. The number of hydrogen-bond acceptors (Lipinski definition) is 4. The van der Waals surface area contributed by atoms with Crippen molar-refractivity contribution in [1.29, 1.82) is 0 Å². The fraction of sp³-hybridized carbons (Fsp3) is 0.381. The minimum atomic E-state index is -3.41. The Hall–Kier alpha value is -2.45. The molecule has 0 atom stereocenters. The summed E-state index contributed by atoms with van der Waals surface area (Å²) in [7, 11) is -3.41.